The summed E-state index contributed by atoms with van der Waals surface area (Å²) in [6.07, 6.45) is 5.43. The fourth-order valence-electron chi connectivity index (χ4n) is 4.46. The summed E-state index contributed by atoms with van der Waals surface area (Å²) in [6.45, 7) is 2.11. The van der Waals surface area contributed by atoms with Crippen LogP contribution in [0.25, 0.3) is 22.0 Å². The molecule has 178 valence electrons. The summed E-state index contributed by atoms with van der Waals surface area (Å²) >= 11 is 0. The molecule has 0 radical (unpaired) electrons. The van der Waals surface area contributed by atoms with Gasteiger partial charge in [0.15, 0.2) is 0 Å². The molecule has 4 heterocycles. The lowest BCUT2D eigenvalue weighted by molar-refractivity contribution is 0.102. The predicted molar refractivity (Wildman–Crippen MR) is 132 cm³/mol. The molecule has 1 amide bonds. The van der Waals surface area contributed by atoms with Crippen molar-refractivity contribution in [3.05, 3.63) is 83.9 Å². The number of hydrogen-bond donors (Lipinski definition) is 1. The van der Waals surface area contributed by atoms with Crippen molar-refractivity contribution in [3.63, 3.8) is 0 Å². The first kappa shape index (κ1) is 23.0. The van der Waals surface area contributed by atoms with Crippen molar-refractivity contribution in [2.75, 3.05) is 25.5 Å². The SMILES string of the molecule is CN1CCC(c2cccc(C(=O)Nc3cc4cc(-c5cncc(C(F)F)c5)cnc4cn3)c2)CC1. The minimum atomic E-state index is -2.60. The van der Waals surface area contributed by atoms with Gasteiger partial charge in [-0.15, -0.1) is 0 Å². The number of amides is 1. The molecule has 0 saturated carbocycles. The highest BCUT2D eigenvalue weighted by Crippen LogP contribution is 2.29. The third-order valence-electron chi connectivity index (χ3n) is 6.49. The number of pyridine rings is 3. The maximum absolute atomic E-state index is 13.1. The molecule has 6 nitrogen and oxygen atoms in total. The van der Waals surface area contributed by atoms with E-state index >= 15 is 0 Å². The van der Waals surface area contributed by atoms with Gasteiger partial charge in [-0.05, 0) is 74.8 Å². The van der Waals surface area contributed by atoms with Gasteiger partial charge in [0.25, 0.3) is 12.3 Å². The Morgan fingerprint density at radius 2 is 1.80 bits per heavy atom. The summed E-state index contributed by atoms with van der Waals surface area (Å²) in [6, 6.07) is 12.7. The highest BCUT2D eigenvalue weighted by Gasteiger charge is 2.19. The highest BCUT2D eigenvalue weighted by atomic mass is 19.3. The molecule has 35 heavy (non-hydrogen) atoms. The standard InChI is InChI=1S/C27H25F2N5O/c1-34-7-5-17(6-8-34)18-3-2-4-19(9-18)27(35)33-25-12-20-10-22(15-31-24(20)16-32-25)21-11-23(26(28)29)14-30-13-21/h2-4,9-17,26H,5-8H2,1H3,(H,32,33,35). The maximum atomic E-state index is 13.1. The predicted octanol–water partition coefficient (Wildman–Crippen LogP) is 5.69. The van der Waals surface area contributed by atoms with Crippen LogP contribution in [0.3, 0.4) is 0 Å². The molecular weight excluding hydrogens is 448 g/mol. The summed E-state index contributed by atoms with van der Waals surface area (Å²) in [4.78, 5) is 27.9. The van der Waals surface area contributed by atoms with Gasteiger partial charge in [-0.3, -0.25) is 14.8 Å². The number of aromatic nitrogens is 3. The third-order valence-corrected chi connectivity index (χ3v) is 6.49. The molecule has 8 heteroatoms. The van der Waals surface area contributed by atoms with Gasteiger partial charge in [-0.2, -0.15) is 0 Å². The Morgan fingerprint density at radius 3 is 2.60 bits per heavy atom. The lowest BCUT2D eigenvalue weighted by Gasteiger charge is -2.29. The summed E-state index contributed by atoms with van der Waals surface area (Å²) in [5, 5.41) is 3.61. The van der Waals surface area contributed by atoms with Crippen LogP contribution in [0.4, 0.5) is 14.6 Å². The molecule has 1 aromatic carbocycles. The molecule has 1 N–H and O–H groups in total. The quantitative estimate of drug-likeness (QED) is 0.403. The molecule has 0 aliphatic carbocycles. The lowest BCUT2D eigenvalue weighted by Crippen LogP contribution is -2.29. The van der Waals surface area contributed by atoms with E-state index in [2.05, 4.69) is 38.3 Å². The van der Waals surface area contributed by atoms with Crippen molar-refractivity contribution in [2.24, 2.45) is 0 Å². The van der Waals surface area contributed by atoms with Crippen LogP contribution in [0.15, 0.2) is 67.3 Å². The van der Waals surface area contributed by atoms with Crippen molar-refractivity contribution >= 4 is 22.6 Å². The second-order valence-corrected chi connectivity index (χ2v) is 8.95. The highest BCUT2D eigenvalue weighted by molar-refractivity contribution is 6.04. The largest absolute Gasteiger partial charge is 0.307 e. The van der Waals surface area contributed by atoms with Gasteiger partial charge in [0.1, 0.15) is 5.82 Å². The Morgan fingerprint density at radius 1 is 1.00 bits per heavy atom. The number of carbonyl (C=O) groups excluding carboxylic acids is 1. The summed E-state index contributed by atoms with van der Waals surface area (Å²) in [7, 11) is 2.13. The first-order valence-electron chi connectivity index (χ1n) is 11.6. The van der Waals surface area contributed by atoms with Gasteiger partial charge in [0.2, 0.25) is 0 Å². The Labute approximate surface area is 202 Å². The number of nitrogens with one attached hydrogen (secondary N) is 1. The van der Waals surface area contributed by atoms with Crippen LogP contribution in [-0.4, -0.2) is 45.9 Å². The summed E-state index contributed by atoms with van der Waals surface area (Å²) in [5.74, 6) is 0.621. The number of halogens is 2. The summed E-state index contributed by atoms with van der Waals surface area (Å²) in [5.41, 5.74) is 3.46. The zero-order valence-corrected chi connectivity index (χ0v) is 19.3. The minimum Gasteiger partial charge on any atom is -0.307 e. The number of anilines is 1. The molecule has 1 aliphatic rings. The number of fused-ring (bicyclic) bond motifs is 1. The van der Waals surface area contributed by atoms with E-state index in [9.17, 15) is 13.6 Å². The fraction of sp³-hybridized carbons (Fsp3) is 0.259. The number of hydrogen-bond acceptors (Lipinski definition) is 5. The molecule has 0 unspecified atom stereocenters. The molecule has 1 fully saturated rings. The van der Waals surface area contributed by atoms with Gasteiger partial charge in [0.05, 0.1) is 11.7 Å². The molecular formula is C27H25F2N5O. The number of alkyl halides is 2. The van der Waals surface area contributed by atoms with Crippen molar-refractivity contribution < 1.29 is 13.6 Å². The molecule has 1 saturated heterocycles. The molecule has 0 atom stereocenters. The van der Waals surface area contributed by atoms with Crippen LogP contribution in [0.5, 0.6) is 0 Å². The van der Waals surface area contributed by atoms with Crippen LogP contribution < -0.4 is 5.32 Å². The van der Waals surface area contributed by atoms with E-state index in [1.165, 1.54) is 17.8 Å². The Bertz CT molecular complexity index is 1370. The van der Waals surface area contributed by atoms with E-state index < -0.39 is 6.43 Å². The van der Waals surface area contributed by atoms with Crippen LogP contribution in [0, 0.1) is 0 Å². The monoisotopic (exact) mass is 473 g/mol. The molecule has 5 rings (SSSR count). The second-order valence-electron chi connectivity index (χ2n) is 8.95. The van der Waals surface area contributed by atoms with E-state index in [0.717, 1.165) is 37.5 Å². The first-order valence-corrected chi connectivity index (χ1v) is 11.6. The Hall–Kier alpha value is -3.78. The van der Waals surface area contributed by atoms with E-state index in [1.807, 2.05) is 18.2 Å². The molecule has 0 spiro atoms. The molecule has 3 aromatic heterocycles. The number of likely N-dealkylation sites (tertiary alicyclic amines) is 1. The smallest absolute Gasteiger partial charge is 0.265 e. The number of rotatable bonds is 5. The Balaban J connectivity index is 1.36. The maximum Gasteiger partial charge on any atom is 0.265 e. The molecule has 0 bridgehead atoms. The van der Waals surface area contributed by atoms with Gasteiger partial charge < -0.3 is 10.2 Å². The van der Waals surface area contributed by atoms with Crippen LogP contribution in [0.1, 0.15) is 46.7 Å². The first-order chi connectivity index (χ1) is 17.0. The number of benzene rings is 1. The topological polar surface area (TPSA) is 71.0 Å². The van der Waals surface area contributed by atoms with Crippen molar-refractivity contribution in [1.82, 2.24) is 19.9 Å². The average molecular weight is 474 g/mol. The number of nitrogens with zero attached hydrogens (tertiary/aromatic N) is 4. The summed E-state index contributed by atoms with van der Waals surface area (Å²) < 4.78 is 26.1. The van der Waals surface area contributed by atoms with Crippen molar-refractivity contribution in [3.8, 4) is 11.1 Å². The van der Waals surface area contributed by atoms with Gasteiger partial charge in [-0.1, -0.05) is 12.1 Å². The van der Waals surface area contributed by atoms with Crippen LogP contribution in [-0.2, 0) is 0 Å². The molecule has 1 aliphatic heterocycles. The Kier molecular flexibility index (Phi) is 6.46. The minimum absolute atomic E-state index is 0.146. The average Bonchev–Trinajstić information content (AvgIpc) is 2.89. The zero-order chi connectivity index (χ0) is 24.4. The van der Waals surface area contributed by atoms with E-state index in [4.69, 9.17) is 0 Å². The third kappa shape index (κ3) is 5.17. The van der Waals surface area contributed by atoms with Crippen molar-refractivity contribution in [2.45, 2.75) is 25.2 Å². The number of piperidine rings is 1. The van der Waals surface area contributed by atoms with Gasteiger partial charge in [0, 0.05) is 46.2 Å². The van der Waals surface area contributed by atoms with Crippen LogP contribution in [0.2, 0.25) is 0 Å². The van der Waals surface area contributed by atoms with E-state index in [0.29, 0.717) is 33.9 Å². The zero-order valence-electron chi connectivity index (χ0n) is 19.3. The van der Waals surface area contributed by atoms with Crippen LogP contribution >= 0.6 is 0 Å². The van der Waals surface area contributed by atoms with E-state index in [-0.39, 0.29) is 11.5 Å². The fourth-order valence-corrected chi connectivity index (χ4v) is 4.46. The van der Waals surface area contributed by atoms with Gasteiger partial charge in [-0.25, -0.2) is 13.8 Å². The second kappa shape index (κ2) is 9.84. The molecule has 4 aromatic rings. The van der Waals surface area contributed by atoms with E-state index in [1.54, 1.807) is 24.5 Å². The lowest BCUT2D eigenvalue weighted by atomic mass is 9.89. The number of carbonyl (C=O) groups is 1. The van der Waals surface area contributed by atoms with Crippen molar-refractivity contribution in [1.29, 1.82) is 0 Å². The normalized spacial score (nSPS) is 15.0. The van der Waals surface area contributed by atoms with Gasteiger partial charge >= 0.3 is 0 Å².